The molecule has 0 bridgehead atoms. The van der Waals surface area contributed by atoms with Crippen LogP contribution in [0.3, 0.4) is 0 Å². The summed E-state index contributed by atoms with van der Waals surface area (Å²) in [4.78, 5) is 10.7. The molecule has 0 N–H and O–H groups in total. The van der Waals surface area contributed by atoms with E-state index >= 15 is 0 Å². The Morgan fingerprint density at radius 1 is 1.46 bits per heavy atom. The van der Waals surface area contributed by atoms with Crippen LogP contribution in [0.15, 0.2) is 12.5 Å². The van der Waals surface area contributed by atoms with Crippen LogP contribution < -0.4 is 0 Å². The molecule has 0 atom stereocenters. The minimum absolute atomic E-state index is 0.975. The van der Waals surface area contributed by atoms with Gasteiger partial charge in [0, 0.05) is 31.4 Å². The molecule has 3 heteroatoms. The van der Waals surface area contributed by atoms with Crippen LogP contribution in [0.1, 0.15) is 25.1 Å². The van der Waals surface area contributed by atoms with Crippen molar-refractivity contribution >= 4 is 0 Å². The zero-order valence-electron chi connectivity index (χ0n) is 8.12. The van der Waals surface area contributed by atoms with Crippen LogP contribution in [0.5, 0.6) is 0 Å². The van der Waals surface area contributed by atoms with E-state index in [0.29, 0.717) is 0 Å². The molecule has 0 aliphatic carbocycles. The van der Waals surface area contributed by atoms with Crippen molar-refractivity contribution in [2.24, 2.45) is 0 Å². The third-order valence-corrected chi connectivity index (χ3v) is 2.19. The van der Waals surface area contributed by atoms with Crippen LogP contribution in [-0.2, 0) is 13.1 Å². The normalized spacial score (nSPS) is 16.5. The summed E-state index contributed by atoms with van der Waals surface area (Å²) in [7, 11) is 0. The van der Waals surface area contributed by atoms with Gasteiger partial charge in [0.15, 0.2) is 0 Å². The number of aromatic nitrogens is 2. The SMILES string of the molecule is C[C](C)CN1Cc2cncnc2C1. The molecule has 1 radical (unpaired) electrons. The highest BCUT2D eigenvalue weighted by molar-refractivity contribution is 5.20. The number of hydrogen-bond donors (Lipinski definition) is 0. The van der Waals surface area contributed by atoms with Gasteiger partial charge in [0.25, 0.3) is 0 Å². The van der Waals surface area contributed by atoms with Crippen molar-refractivity contribution in [1.82, 2.24) is 14.9 Å². The highest BCUT2D eigenvalue weighted by atomic mass is 15.2. The molecule has 0 saturated carbocycles. The van der Waals surface area contributed by atoms with Gasteiger partial charge in [-0.2, -0.15) is 0 Å². The first-order valence-electron chi connectivity index (χ1n) is 4.55. The molecule has 1 aliphatic heterocycles. The lowest BCUT2D eigenvalue weighted by molar-refractivity contribution is 0.294. The molecule has 0 spiro atoms. The standard InChI is InChI=1S/C10H14N3/c1-8(2)4-13-5-9-3-11-7-12-10(9)6-13/h3,7H,4-6H2,1-2H3. The quantitative estimate of drug-likeness (QED) is 0.682. The van der Waals surface area contributed by atoms with Crippen LogP contribution >= 0.6 is 0 Å². The molecule has 2 heterocycles. The first-order valence-corrected chi connectivity index (χ1v) is 4.55. The van der Waals surface area contributed by atoms with Crippen LogP contribution in [0, 0.1) is 5.92 Å². The van der Waals surface area contributed by atoms with E-state index in [9.17, 15) is 0 Å². The van der Waals surface area contributed by atoms with E-state index in [2.05, 4.69) is 28.7 Å². The Labute approximate surface area is 78.8 Å². The summed E-state index contributed by atoms with van der Waals surface area (Å²) in [6, 6.07) is 0. The Balaban J connectivity index is 2.05. The van der Waals surface area contributed by atoms with Crippen molar-refractivity contribution in [3.05, 3.63) is 29.7 Å². The zero-order valence-corrected chi connectivity index (χ0v) is 8.12. The Morgan fingerprint density at radius 3 is 3.00 bits per heavy atom. The summed E-state index contributed by atoms with van der Waals surface area (Å²) in [6.45, 7) is 7.37. The topological polar surface area (TPSA) is 29.0 Å². The molecule has 0 amide bonds. The second kappa shape index (κ2) is 3.42. The van der Waals surface area contributed by atoms with Crippen LogP contribution in [-0.4, -0.2) is 21.4 Å². The Kier molecular flexibility index (Phi) is 2.27. The summed E-state index contributed by atoms with van der Waals surface area (Å²) in [5, 5.41) is 0. The largest absolute Gasteiger partial charge is 0.293 e. The van der Waals surface area contributed by atoms with Crippen molar-refractivity contribution < 1.29 is 0 Å². The average molecular weight is 176 g/mol. The van der Waals surface area contributed by atoms with Crippen LogP contribution in [0.25, 0.3) is 0 Å². The molecule has 13 heavy (non-hydrogen) atoms. The van der Waals surface area contributed by atoms with E-state index in [-0.39, 0.29) is 0 Å². The van der Waals surface area contributed by atoms with E-state index in [0.717, 1.165) is 19.6 Å². The monoisotopic (exact) mass is 176 g/mol. The Morgan fingerprint density at radius 2 is 2.31 bits per heavy atom. The fourth-order valence-electron chi connectivity index (χ4n) is 1.73. The maximum absolute atomic E-state index is 4.25. The summed E-state index contributed by atoms with van der Waals surface area (Å²) in [6.07, 6.45) is 3.55. The maximum atomic E-state index is 4.25. The number of nitrogens with zero attached hydrogens (tertiary/aromatic N) is 3. The first kappa shape index (κ1) is 8.63. The van der Waals surface area contributed by atoms with Gasteiger partial charge in [-0.25, -0.2) is 9.97 Å². The minimum Gasteiger partial charge on any atom is -0.293 e. The smallest absolute Gasteiger partial charge is 0.115 e. The molecule has 0 unspecified atom stereocenters. The second-order valence-corrected chi connectivity index (χ2v) is 3.85. The highest BCUT2D eigenvalue weighted by Crippen LogP contribution is 2.20. The number of hydrogen-bond acceptors (Lipinski definition) is 3. The molecule has 0 fully saturated rings. The van der Waals surface area contributed by atoms with Gasteiger partial charge in [0.1, 0.15) is 6.33 Å². The fourth-order valence-corrected chi connectivity index (χ4v) is 1.73. The summed E-state index contributed by atoms with van der Waals surface area (Å²) in [5.74, 6) is 1.45. The number of fused-ring (bicyclic) bond motifs is 1. The van der Waals surface area contributed by atoms with E-state index in [1.807, 2.05) is 6.20 Å². The molecular formula is C10H14N3. The second-order valence-electron chi connectivity index (χ2n) is 3.85. The van der Waals surface area contributed by atoms with Gasteiger partial charge in [0.2, 0.25) is 0 Å². The minimum atomic E-state index is 0.975. The van der Waals surface area contributed by atoms with Crippen LogP contribution in [0.2, 0.25) is 0 Å². The Bertz CT molecular complexity index is 271. The van der Waals surface area contributed by atoms with E-state index in [4.69, 9.17) is 0 Å². The molecule has 1 aliphatic rings. The van der Waals surface area contributed by atoms with Crippen molar-refractivity contribution in [2.45, 2.75) is 26.9 Å². The van der Waals surface area contributed by atoms with E-state index in [1.54, 1.807) is 6.33 Å². The van der Waals surface area contributed by atoms with Crippen molar-refractivity contribution in [3.63, 3.8) is 0 Å². The summed E-state index contributed by atoms with van der Waals surface area (Å²) < 4.78 is 0. The number of rotatable bonds is 2. The highest BCUT2D eigenvalue weighted by Gasteiger charge is 2.20. The molecule has 1 aromatic rings. The predicted molar refractivity (Wildman–Crippen MR) is 50.7 cm³/mol. The molecule has 0 aromatic carbocycles. The van der Waals surface area contributed by atoms with Gasteiger partial charge in [0.05, 0.1) is 5.69 Å². The van der Waals surface area contributed by atoms with Crippen molar-refractivity contribution in [3.8, 4) is 0 Å². The first-order chi connectivity index (χ1) is 6.25. The predicted octanol–water partition coefficient (Wildman–Crippen LogP) is 1.41. The summed E-state index contributed by atoms with van der Waals surface area (Å²) in [5.41, 5.74) is 2.47. The van der Waals surface area contributed by atoms with Crippen LogP contribution in [0.4, 0.5) is 0 Å². The van der Waals surface area contributed by atoms with Gasteiger partial charge >= 0.3 is 0 Å². The third-order valence-electron chi connectivity index (χ3n) is 2.19. The van der Waals surface area contributed by atoms with E-state index < -0.39 is 0 Å². The third kappa shape index (κ3) is 1.86. The lowest BCUT2D eigenvalue weighted by Crippen LogP contribution is -2.20. The molecule has 69 valence electrons. The molecule has 1 aromatic heterocycles. The van der Waals surface area contributed by atoms with Gasteiger partial charge in [-0.3, -0.25) is 4.90 Å². The zero-order chi connectivity index (χ0) is 9.26. The molecule has 2 rings (SSSR count). The van der Waals surface area contributed by atoms with Gasteiger partial charge in [-0.05, 0) is 5.92 Å². The van der Waals surface area contributed by atoms with Crippen molar-refractivity contribution in [1.29, 1.82) is 0 Å². The molecule has 0 saturated heterocycles. The maximum Gasteiger partial charge on any atom is 0.115 e. The lowest BCUT2D eigenvalue weighted by Gasteiger charge is -2.15. The average Bonchev–Trinajstić information content (AvgIpc) is 2.44. The fraction of sp³-hybridized carbons (Fsp3) is 0.500. The molecule has 3 nitrogen and oxygen atoms in total. The van der Waals surface area contributed by atoms with E-state index in [1.165, 1.54) is 17.2 Å². The van der Waals surface area contributed by atoms with Gasteiger partial charge < -0.3 is 0 Å². The Hall–Kier alpha value is -0.960. The molecular weight excluding hydrogens is 162 g/mol. The summed E-state index contributed by atoms with van der Waals surface area (Å²) >= 11 is 0. The van der Waals surface area contributed by atoms with Crippen molar-refractivity contribution in [2.75, 3.05) is 6.54 Å². The van der Waals surface area contributed by atoms with Gasteiger partial charge in [-0.1, -0.05) is 13.8 Å². The lowest BCUT2D eigenvalue weighted by atomic mass is 10.2. The van der Waals surface area contributed by atoms with Gasteiger partial charge in [-0.15, -0.1) is 0 Å².